The highest BCUT2D eigenvalue weighted by molar-refractivity contribution is 8.35. The average Bonchev–Trinajstić information content (AvgIpc) is 2.71. The van der Waals surface area contributed by atoms with Crippen molar-refractivity contribution < 1.29 is 4.79 Å². The van der Waals surface area contributed by atoms with Gasteiger partial charge in [0, 0.05) is 18.8 Å². The van der Waals surface area contributed by atoms with Gasteiger partial charge in [-0.25, -0.2) is 4.99 Å². The molecule has 0 spiro atoms. The largest absolute Gasteiger partial charge is 0.372 e. The molecule has 1 aliphatic heterocycles. The molecule has 1 heterocycles. The molecule has 1 aliphatic rings. The van der Waals surface area contributed by atoms with Gasteiger partial charge in [-0.15, -0.1) is 0 Å². The molecule has 0 aliphatic carbocycles. The fourth-order valence-corrected chi connectivity index (χ4v) is 2.77. The minimum absolute atomic E-state index is 0.220. The molecule has 0 aromatic heterocycles. The van der Waals surface area contributed by atoms with E-state index >= 15 is 0 Å². The highest BCUT2D eigenvalue weighted by Crippen LogP contribution is 2.23. The lowest BCUT2D eigenvalue weighted by Crippen LogP contribution is -2.21. The second-order valence-electron chi connectivity index (χ2n) is 3.95. The van der Waals surface area contributed by atoms with Crippen molar-refractivity contribution in [3.05, 3.63) is 24.3 Å². The van der Waals surface area contributed by atoms with Crippen molar-refractivity contribution in [3.63, 3.8) is 0 Å². The maximum absolute atomic E-state index is 11.5. The van der Waals surface area contributed by atoms with E-state index in [0.29, 0.717) is 9.36 Å². The summed E-state index contributed by atoms with van der Waals surface area (Å²) in [5, 5.41) is 2.95. The van der Waals surface area contributed by atoms with Crippen LogP contribution in [0.4, 0.5) is 11.4 Å². The Labute approximate surface area is 122 Å². The molecule has 0 bridgehead atoms. The van der Waals surface area contributed by atoms with E-state index in [4.69, 9.17) is 12.2 Å². The van der Waals surface area contributed by atoms with Crippen molar-refractivity contribution in [3.8, 4) is 0 Å². The summed E-state index contributed by atoms with van der Waals surface area (Å²) in [6, 6.07) is 7.86. The number of carbonyl (C=O) groups excluding carboxylic acids is 1. The molecule has 0 saturated carbocycles. The monoisotopic (exact) mass is 293 g/mol. The Morgan fingerprint density at radius 1 is 1.26 bits per heavy atom. The Bertz CT molecular complexity index is 521. The first-order valence-corrected chi connectivity index (χ1v) is 7.33. The van der Waals surface area contributed by atoms with Crippen molar-refractivity contribution in [2.24, 2.45) is 4.99 Å². The van der Waals surface area contributed by atoms with E-state index in [1.165, 1.54) is 11.8 Å². The van der Waals surface area contributed by atoms with Crippen LogP contribution in [-0.2, 0) is 4.79 Å². The third-order valence-electron chi connectivity index (χ3n) is 2.81. The van der Waals surface area contributed by atoms with Gasteiger partial charge in [-0.1, -0.05) is 12.2 Å². The summed E-state index contributed by atoms with van der Waals surface area (Å²) < 4.78 is 0.462. The third-order valence-corrected chi connectivity index (χ3v) is 3.92. The Morgan fingerprint density at radius 3 is 2.37 bits per heavy atom. The van der Waals surface area contributed by atoms with Crippen LogP contribution in [0.15, 0.2) is 29.3 Å². The van der Waals surface area contributed by atoms with Gasteiger partial charge < -0.3 is 10.2 Å². The molecule has 1 aromatic rings. The first-order chi connectivity index (χ1) is 9.13. The average molecular weight is 293 g/mol. The zero-order chi connectivity index (χ0) is 13.8. The molecule has 19 heavy (non-hydrogen) atoms. The van der Waals surface area contributed by atoms with Gasteiger partial charge in [-0.2, -0.15) is 0 Å². The molecular weight excluding hydrogens is 278 g/mol. The second-order valence-corrected chi connectivity index (χ2v) is 5.62. The summed E-state index contributed by atoms with van der Waals surface area (Å²) in [6.07, 6.45) is 0. The molecule has 0 unspecified atom stereocenters. The number of rotatable bonds is 4. The number of aliphatic imine (C=N–C) groups is 1. The number of amides is 1. The number of nitrogens with zero attached hydrogens (tertiary/aromatic N) is 2. The molecule has 0 radical (unpaired) electrons. The fraction of sp³-hybridized carbons (Fsp3) is 0.308. The molecule has 1 N–H and O–H groups in total. The quantitative estimate of drug-likeness (QED) is 0.867. The molecule has 1 amide bonds. The Morgan fingerprint density at radius 2 is 1.89 bits per heavy atom. The molecule has 1 saturated heterocycles. The maximum atomic E-state index is 11.5. The van der Waals surface area contributed by atoms with Crippen LogP contribution in [0.2, 0.25) is 0 Å². The van der Waals surface area contributed by atoms with Crippen LogP contribution in [0.3, 0.4) is 0 Å². The summed E-state index contributed by atoms with van der Waals surface area (Å²) in [5.41, 5.74) is 1.92. The lowest BCUT2D eigenvalue weighted by Gasteiger charge is -2.20. The summed E-state index contributed by atoms with van der Waals surface area (Å²) in [5.74, 6) is -0.220. The van der Waals surface area contributed by atoms with E-state index < -0.39 is 0 Å². The van der Waals surface area contributed by atoms with E-state index in [2.05, 4.69) is 29.1 Å². The van der Waals surface area contributed by atoms with E-state index in [-0.39, 0.29) is 5.91 Å². The first-order valence-electron chi connectivity index (χ1n) is 6.11. The lowest BCUT2D eigenvalue weighted by atomic mass is 10.2. The van der Waals surface area contributed by atoms with E-state index in [1.54, 1.807) is 0 Å². The number of thiocarbonyl (C=S) groups is 1. The minimum atomic E-state index is -0.220. The van der Waals surface area contributed by atoms with Crippen LogP contribution in [-0.4, -0.2) is 28.4 Å². The number of nitrogens with one attached hydrogen (secondary N) is 1. The number of benzene rings is 1. The number of anilines is 1. The Hall–Kier alpha value is -1.40. The van der Waals surface area contributed by atoms with Gasteiger partial charge in [0.2, 0.25) is 0 Å². The molecule has 1 aromatic carbocycles. The second kappa shape index (κ2) is 6.16. The molecule has 4 nitrogen and oxygen atoms in total. The number of thioether (sulfide) groups is 1. The molecule has 6 heteroatoms. The summed E-state index contributed by atoms with van der Waals surface area (Å²) >= 11 is 6.12. The Kier molecular flexibility index (Phi) is 4.55. The van der Waals surface area contributed by atoms with Crippen molar-refractivity contribution in [1.29, 1.82) is 0 Å². The highest BCUT2D eigenvalue weighted by Gasteiger charge is 2.23. The van der Waals surface area contributed by atoms with Crippen LogP contribution >= 0.6 is 24.0 Å². The lowest BCUT2D eigenvalue weighted by molar-refractivity contribution is -0.113. The van der Waals surface area contributed by atoms with Crippen LogP contribution in [0, 0.1) is 0 Å². The van der Waals surface area contributed by atoms with E-state index in [0.717, 1.165) is 24.5 Å². The van der Waals surface area contributed by atoms with Gasteiger partial charge in [0.25, 0.3) is 5.91 Å². The molecule has 1 fully saturated rings. The maximum Gasteiger partial charge on any atom is 0.282 e. The molecule has 0 atom stereocenters. The van der Waals surface area contributed by atoms with Gasteiger partial charge in [-0.3, -0.25) is 4.79 Å². The first kappa shape index (κ1) is 14.0. The summed E-state index contributed by atoms with van der Waals surface area (Å²) in [4.78, 5) is 18.1. The highest BCUT2D eigenvalue weighted by atomic mass is 32.2. The predicted molar refractivity (Wildman–Crippen MR) is 85.4 cm³/mol. The SMILES string of the molecule is CCN(CC)c1ccc(N=C2SC(=S)NC2=O)cc1. The smallest absolute Gasteiger partial charge is 0.282 e. The van der Waals surface area contributed by atoms with Crippen molar-refractivity contribution >= 4 is 50.6 Å². The zero-order valence-corrected chi connectivity index (χ0v) is 12.5. The number of hydrogen-bond acceptors (Lipinski definition) is 5. The number of hydrogen-bond donors (Lipinski definition) is 1. The van der Waals surface area contributed by atoms with Crippen molar-refractivity contribution in [1.82, 2.24) is 5.32 Å². The zero-order valence-electron chi connectivity index (χ0n) is 10.8. The van der Waals surface area contributed by atoms with Gasteiger partial charge in [-0.05, 0) is 49.9 Å². The summed E-state index contributed by atoms with van der Waals surface area (Å²) in [6.45, 7) is 6.18. The molecule has 2 rings (SSSR count). The number of carbonyl (C=O) groups is 1. The van der Waals surface area contributed by atoms with Crippen molar-refractivity contribution in [2.45, 2.75) is 13.8 Å². The predicted octanol–water partition coefficient (Wildman–Crippen LogP) is 2.71. The van der Waals surface area contributed by atoms with E-state index in [9.17, 15) is 4.79 Å². The van der Waals surface area contributed by atoms with Crippen LogP contribution in [0.5, 0.6) is 0 Å². The molecular formula is C13H15N3OS2. The van der Waals surface area contributed by atoms with Crippen LogP contribution in [0.1, 0.15) is 13.8 Å². The normalized spacial score (nSPS) is 16.8. The topological polar surface area (TPSA) is 44.7 Å². The minimum Gasteiger partial charge on any atom is -0.372 e. The standard InChI is InChI=1S/C13H15N3OS2/c1-3-16(4-2)10-7-5-9(6-8-10)14-12-11(17)15-13(18)19-12/h5-8H,3-4H2,1-2H3,(H,15,17,18). The van der Waals surface area contributed by atoms with Gasteiger partial charge in [0.1, 0.15) is 4.32 Å². The summed E-state index contributed by atoms with van der Waals surface area (Å²) in [7, 11) is 0. The van der Waals surface area contributed by atoms with E-state index in [1.807, 2.05) is 24.3 Å². The van der Waals surface area contributed by atoms with Gasteiger partial charge in [0.15, 0.2) is 5.04 Å². The van der Waals surface area contributed by atoms with Gasteiger partial charge in [0.05, 0.1) is 5.69 Å². The Balaban J connectivity index is 2.17. The van der Waals surface area contributed by atoms with Crippen LogP contribution in [0.25, 0.3) is 0 Å². The fourth-order valence-electron chi connectivity index (χ4n) is 1.82. The molecule has 100 valence electrons. The van der Waals surface area contributed by atoms with Gasteiger partial charge >= 0.3 is 0 Å². The van der Waals surface area contributed by atoms with Crippen molar-refractivity contribution in [2.75, 3.05) is 18.0 Å². The van der Waals surface area contributed by atoms with Crippen LogP contribution < -0.4 is 10.2 Å². The third kappa shape index (κ3) is 3.33.